The first kappa shape index (κ1) is 19.2. The number of carbonyl (C=O) groups is 2. The lowest BCUT2D eigenvalue weighted by Crippen LogP contribution is -2.31. The van der Waals surface area contributed by atoms with Gasteiger partial charge in [0.2, 0.25) is 0 Å². The van der Waals surface area contributed by atoms with Gasteiger partial charge in [-0.2, -0.15) is 5.26 Å². The highest BCUT2D eigenvalue weighted by Crippen LogP contribution is 2.22. The van der Waals surface area contributed by atoms with Crippen molar-refractivity contribution in [3.05, 3.63) is 58.2 Å². The lowest BCUT2D eigenvalue weighted by Gasteiger charge is -2.11. The van der Waals surface area contributed by atoms with Gasteiger partial charge in [-0.05, 0) is 12.0 Å². The second-order valence-corrected chi connectivity index (χ2v) is 5.73. The van der Waals surface area contributed by atoms with Crippen LogP contribution < -0.4 is 10.6 Å². The zero-order valence-corrected chi connectivity index (χ0v) is 14.8. The molecule has 0 fully saturated rings. The quantitative estimate of drug-likeness (QED) is 0.758. The third-order valence-corrected chi connectivity index (χ3v) is 3.65. The number of amides is 2. The minimum atomic E-state index is -0.510. The standard InChI is InChI=1S/C18H17ClN4O3/c1-12(24)26-11-16-14(10-20)15(19)9-17(22-16)23-18(25)21-8-7-13-5-3-2-4-6-13/h2-6,9H,7-8,11H2,1H3,(H2,21,22,23,25). The van der Waals surface area contributed by atoms with Crippen LogP contribution in [0.15, 0.2) is 36.4 Å². The Morgan fingerprint density at radius 2 is 2.04 bits per heavy atom. The molecule has 2 amide bonds. The van der Waals surface area contributed by atoms with E-state index >= 15 is 0 Å². The van der Waals surface area contributed by atoms with Crippen molar-refractivity contribution in [1.82, 2.24) is 10.3 Å². The van der Waals surface area contributed by atoms with E-state index in [9.17, 15) is 9.59 Å². The number of nitriles is 1. The number of hydrogen-bond donors (Lipinski definition) is 2. The Morgan fingerprint density at radius 3 is 2.69 bits per heavy atom. The maximum absolute atomic E-state index is 12.0. The van der Waals surface area contributed by atoms with Gasteiger partial charge in [-0.15, -0.1) is 0 Å². The number of halogens is 1. The summed E-state index contributed by atoms with van der Waals surface area (Å²) in [6.07, 6.45) is 0.688. The summed E-state index contributed by atoms with van der Waals surface area (Å²) in [5.41, 5.74) is 1.38. The molecule has 2 aromatic rings. The smallest absolute Gasteiger partial charge is 0.320 e. The van der Waals surface area contributed by atoms with Gasteiger partial charge in [0, 0.05) is 19.5 Å². The average molecular weight is 373 g/mol. The number of pyridine rings is 1. The Bertz CT molecular complexity index is 834. The molecule has 0 bridgehead atoms. The van der Waals surface area contributed by atoms with Crippen LogP contribution in [0.25, 0.3) is 0 Å². The zero-order valence-electron chi connectivity index (χ0n) is 14.1. The van der Waals surface area contributed by atoms with Gasteiger partial charge in [-0.25, -0.2) is 9.78 Å². The van der Waals surface area contributed by atoms with E-state index in [0.717, 1.165) is 5.56 Å². The van der Waals surface area contributed by atoms with E-state index in [-0.39, 0.29) is 28.7 Å². The summed E-state index contributed by atoms with van der Waals surface area (Å²) in [5, 5.41) is 14.5. The predicted octanol–water partition coefficient (Wildman–Crippen LogP) is 3.03. The maximum atomic E-state index is 12.0. The molecular weight excluding hydrogens is 356 g/mol. The minimum Gasteiger partial charge on any atom is -0.459 e. The van der Waals surface area contributed by atoms with Crippen LogP contribution in [0.4, 0.5) is 10.6 Å². The summed E-state index contributed by atoms with van der Waals surface area (Å²) in [4.78, 5) is 27.1. The first-order valence-electron chi connectivity index (χ1n) is 7.81. The van der Waals surface area contributed by atoms with Gasteiger partial charge in [-0.3, -0.25) is 10.1 Å². The van der Waals surface area contributed by atoms with E-state index in [1.807, 2.05) is 36.4 Å². The molecule has 2 N–H and O–H groups in total. The maximum Gasteiger partial charge on any atom is 0.320 e. The van der Waals surface area contributed by atoms with Crippen LogP contribution >= 0.6 is 11.6 Å². The molecule has 0 spiro atoms. The van der Waals surface area contributed by atoms with E-state index in [1.54, 1.807) is 0 Å². The number of nitrogens with one attached hydrogen (secondary N) is 2. The molecule has 1 aromatic carbocycles. The summed E-state index contributed by atoms with van der Waals surface area (Å²) in [5.74, 6) is -0.350. The number of ether oxygens (including phenoxy) is 1. The first-order valence-corrected chi connectivity index (χ1v) is 8.19. The number of nitrogens with zero attached hydrogens (tertiary/aromatic N) is 2. The van der Waals surface area contributed by atoms with E-state index in [2.05, 4.69) is 15.6 Å². The molecule has 0 atom stereocenters. The topological polar surface area (TPSA) is 104 Å². The molecule has 0 aliphatic carbocycles. The van der Waals surface area contributed by atoms with Crippen LogP contribution in [0.2, 0.25) is 5.02 Å². The van der Waals surface area contributed by atoms with Crippen LogP contribution in [0.5, 0.6) is 0 Å². The van der Waals surface area contributed by atoms with Crippen molar-refractivity contribution in [3.63, 3.8) is 0 Å². The fraction of sp³-hybridized carbons (Fsp3) is 0.222. The lowest BCUT2D eigenvalue weighted by molar-refractivity contribution is -0.142. The second kappa shape index (κ2) is 9.39. The summed E-state index contributed by atoms with van der Waals surface area (Å²) < 4.78 is 4.86. The number of esters is 1. The monoisotopic (exact) mass is 372 g/mol. The highest BCUT2D eigenvalue weighted by molar-refractivity contribution is 6.32. The van der Waals surface area contributed by atoms with E-state index in [1.165, 1.54) is 13.0 Å². The van der Waals surface area contributed by atoms with Crippen LogP contribution in [0, 0.1) is 11.3 Å². The van der Waals surface area contributed by atoms with Crippen molar-refractivity contribution in [2.45, 2.75) is 20.0 Å². The SMILES string of the molecule is CC(=O)OCc1nc(NC(=O)NCCc2ccccc2)cc(Cl)c1C#N. The van der Waals surface area contributed by atoms with Gasteiger partial charge in [0.15, 0.2) is 0 Å². The minimum absolute atomic E-state index is 0.1000. The van der Waals surface area contributed by atoms with Crippen molar-refractivity contribution in [2.75, 3.05) is 11.9 Å². The van der Waals surface area contributed by atoms with Crippen LogP contribution in [-0.4, -0.2) is 23.5 Å². The van der Waals surface area contributed by atoms with Crippen molar-refractivity contribution in [1.29, 1.82) is 5.26 Å². The molecule has 0 radical (unpaired) electrons. The van der Waals surface area contributed by atoms with Gasteiger partial charge in [0.05, 0.1) is 16.3 Å². The van der Waals surface area contributed by atoms with E-state index < -0.39 is 12.0 Å². The molecule has 2 rings (SSSR count). The van der Waals surface area contributed by atoms with Crippen LogP contribution in [0.3, 0.4) is 0 Å². The molecule has 1 aromatic heterocycles. The van der Waals surface area contributed by atoms with Gasteiger partial charge in [0.25, 0.3) is 0 Å². The highest BCUT2D eigenvalue weighted by atomic mass is 35.5. The second-order valence-electron chi connectivity index (χ2n) is 5.32. The van der Waals surface area contributed by atoms with Gasteiger partial charge in [0.1, 0.15) is 18.5 Å². The molecule has 0 unspecified atom stereocenters. The third-order valence-electron chi connectivity index (χ3n) is 3.35. The highest BCUT2D eigenvalue weighted by Gasteiger charge is 2.14. The predicted molar refractivity (Wildman–Crippen MR) is 96.6 cm³/mol. The number of carbonyl (C=O) groups excluding carboxylic acids is 2. The number of benzene rings is 1. The summed E-state index contributed by atoms with van der Waals surface area (Å²) in [7, 11) is 0. The van der Waals surface area contributed by atoms with Crippen molar-refractivity contribution in [2.24, 2.45) is 0 Å². The van der Waals surface area contributed by atoms with Crippen LogP contribution in [-0.2, 0) is 22.6 Å². The van der Waals surface area contributed by atoms with Crippen LogP contribution in [0.1, 0.15) is 23.7 Å². The Kier molecular flexibility index (Phi) is 6.94. The molecular formula is C18H17ClN4O3. The number of hydrogen-bond acceptors (Lipinski definition) is 5. The molecule has 1 heterocycles. The molecule has 0 saturated carbocycles. The fourth-order valence-corrected chi connectivity index (χ4v) is 2.40. The van der Waals surface area contributed by atoms with Gasteiger partial charge >= 0.3 is 12.0 Å². The lowest BCUT2D eigenvalue weighted by atomic mass is 10.1. The van der Waals surface area contributed by atoms with Crippen molar-refractivity contribution in [3.8, 4) is 6.07 Å². The zero-order chi connectivity index (χ0) is 18.9. The largest absolute Gasteiger partial charge is 0.459 e. The molecule has 0 saturated heterocycles. The average Bonchev–Trinajstić information content (AvgIpc) is 2.60. The third kappa shape index (κ3) is 5.76. The van der Waals surface area contributed by atoms with E-state index in [0.29, 0.717) is 13.0 Å². The fourth-order valence-electron chi connectivity index (χ4n) is 2.15. The number of rotatable bonds is 6. The number of aromatic nitrogens is 1. The summed E-state index contributed by atoms with van der Waals surface area (Å²) in [6, 6.07) is 12.6. The summed E-state index contributed by atoms with van der Waals surface area (Å²) in [6.45, 7) is 1.49. The van der Waals surface area contributed by atoms with Gasteiger partial charge in [-0.1, -0.05) is 41.9 Å². The molecule has 134 valence electrons. The molecule has 26 heavy (non-hydrogen) atoms. The van der Waals surface area contributed by atoms with Crippen molar-refractivity contribution >= 4 is 29.4 Å². The number of anilines is 1. The van der Waals surface area contributed by atoms with Crippen molar-refractivity contribution < 1.29 is 14.3 Å². The molecule has 7 nitrogen and oxygen atoms in total. The first-order chi connectivity index (χ1) is 12.5. The van der Waals surface area contributed by atoms with E-state index in [4.69, 9.17) is 21.6 Å². The Hall–Kier alpha value is -3.11. The molecule has 0 aliphatic rings. The number of urea groups is 1. The molecule has 8 heteroatoms. The van der Waals surface area contributed by atoms with Gasteiger partial charge < -0.3 is 10.1 Å². The summed E-state index contributed by atoms with van der Waals surface area (Å²) >= 11 is 6.04. The Balaban J connectivity index is 1.98. The molecule has 0 aliphatic heterocycles. The normalized spacial score (nSPS) is 9.88. The Morgan fingerprint density at radius 1 is 1.31 bits per heavy atom. The Labute approximate surface area is 155 Å².